The van der Waals surface area contributed by atoms with Crippen LogP contribution in [0.5, 0.6) is 0 Å². The average Bonchev–Trinajstić information content (AvgIpc) is 3.39. The van der Waals surface area contributed by atoms with Gasteiger partial charge in [-0.1, -0.05) is 49.5 Å². The third-order valence-electron chi connectivity index (χ3n) is 9.02. The molecular formula is C33H46F3NO3S. The standard InChI is InChI=1S/C33H46F3NO3S/c1-2-32(38)40-22-8-4-3-7-21-39-27-18-14-24(15-19-27)11-12-25-13-16-26(28(23-25)33(34,35)36)17-20-31-37-29-9-5-6-10-30(29)41-31/h2,24-31,37H,1,3-10,13-16,18-19,21-23H2. The van der Waals surface area contributed by atoms with Crippen LogP contribution in [0.2, 0.25) is 0 Å². The van der Waals surface area contributed by atoms with Crippen molar-refractivity contribution < 1.29 is 27.4 Å². The second-order valence-electron chi connectivity index (χ2n) is 12.1. The number of carbonyl (C=O) groups excluding carboxylic acids is 1. The maximum absolute atomic E-state index is 14.0. The lowest BCUT2D eigenvalue weighted by atomic mass is 9.74. The summed E-state index contributed by atoms with van der Waals surface area (Å²) in [7, 11) is 0. The van der Waals surface area contributed by atoms with Crippen molar-refractivity contribution in [3.63, 3.8) is 0 Å². The van der Waals surface area contributed by atoms with Gasteiger partial charge in [-0.2, -0.15) is 13.2 Å². The zero-order valence-electron chi connectivity index (χ0n) is 24.2. The maximum Gasteiger partial charge on any atom is 0.393 e. The van der Waals surface area contributed by atoms with Crippen molar-refractivity contribution in [2.45, 2.75) is 125 Å². The Labute approximate surface area is 248 Å². The first-order valence-corrected chi connectivity index (χ1v) is 16.7. The Morgan fingerprint density at radius 3 is 2.32 bits per heavy atom. The molecule has 0 aromatic heterocycles. The number of thioether (sulfide) groups is 1. The molecule has 1 saturated heterocycles. The normalized spacial score (nSPS) is 33.4. The molecule has 4 aliphatic rings. The Morgan fingerprint density at radius 1 is 0.878 bits per heavy atom. The van der Waals surface area contributed by atoms with E-state index in [0.717, 1.165) is 64.4 Å². The third-order valence-corrected chi connectivity index (χ3v) is 10.5. The fourth-order valence-corrected chi connectivity index (χ4v) is 8.05. The molecule has 0 radical (unpaired) electrons. The van der Waals surface area contributed by atoms with Crippen molar-refractivity contribution in [1.82, 2.24) is 5.32 Å². The van der Waals surface area contributed by atoms with Gasteiger partial charge in [-0.05, 0) is 77.0 Å². The molecule has 1 N–H and O–H groups in total. The van der Waals surface area contributed by atoms with Crippen molar-refractivity contribution in [2.24, 2.45) is 23.7 Å². The highest BCUT2D eigenvalue weighted by Gasteiger charge is 2.47. The first-order valence-electron chi connectivity index (χ1n) is 15.7. The molecule has 4 fully saturated rings. The Kier molecular flexibility index (Phi) is 12.8. The van der Waals surface area contributed by atoms with Gasteiger partial charge in [0.05, 0.1) is 18.6 Å². The number of ether oxygens (including phenoxy) is 2. The van der Waals surface area contributed by atoms with Gasteiger partial charge >= 0.3 is 12.1 Å². The predicted octanol–water partition coefficient (Wildman–Crippen LogP) is 7.43. The molecule has 0 spiro atoms. The van der Waals surface area contributed by atoms with Gasteiger partial charge in [-0.25, -0.2) is 4.79 Å². The topological polar surface area (TPSA) is 47.6 Å². The lowest BCUT2D eigenvalue weighted by molar-refractivity contribution is -0.192. The van der Waals surface area contributed by atoms with Gasteiger partial charge in [0.2, 0.25) is 0 Å². The van der Waals surface area contributed by atoms with Gasteiger partial charge in [0.15, 0.2) is 0 Å². The number of halogens is 3. The number of rotatable bonds is 9. The quantitative estimate of drug-likeness (QED) is 0.130. The van der Waals surface area contributed by atoms with Crippen molar-refractivity contribution in [2.75, 3.05) is 13.2 Å². The van der Waals surface area contributed by atoms with Crippen LogP contribution in [0.3, 0.4) is 0 Å². The fourth-order valence-electron chi connectivity index (χ4n) is 6.60. The summed E-state index contributed by atoms with van der Waals surface area (Å²) in [5.41, 5.74) is 0. The second-order valence-corrected chi connectivity index (χ2v) is 13.4. The van der Waals surface area contributed by atoms with Crippen molar-refractivity contribution in [3.05, 3.63) is 12.7 Å². The first-order chi connectivity index (χ1) is 19.8. The summed E-state index contributed by atoms with van der Waals surface area (Å²) < 4.78 is 53.1. The summed E-state index contributed by atoms with van der Waals surface area (Å²) in [5.74, 6) is 10.5. The number of carbonyl (C=O) groups is 1. The van der Waals surface area contributed by atoms with E-state index < -0.39 is 18.0 Å². The minimum atomic E-state index is -4.24. The van der Waals surface area contributed by atoms with E-state index in [1.165, 1.54) is 25.3 Å². The van der Waals surface area contributed by atoms with Crippen molar-refractivity contribution in [3.8, 4) is 23.7 Å². The molecule has 1 heterocycles. The predicted molar refractivity (Wildman–Crippen MR) is 158 cm³/mol. The van der Waals surface area contributed by atoms with E-state index in [-0.39, 0.29) is 35.7 Å². The number of fused-ring (bicyclic) bond motifs is 1. The van der Waals surface area contributed by atoms with Gasteiger partial charge in [-0.3, -0.25) is 5.32 Å². The summed E-state index contributed by atoms with van der Waals surface area (Å²) in [5, 5.41) is 4.07. The van der Waals surface area contributed by atoms with Crippen LogP contribution in [0, 0.1) is 47.4 Å². The Balaban J connectivity index is 1.14. The second kappa shape index (κ2) is 16.3. The highest BCUT2D eigenvalue weighted by atomic mass is 32.2. The Hall–Kier alpha value is -1.61. The van der Waals surface area contributed by atoms with E-state index in [4.69, 9.17) is 9.47 Å². The SMILES string of the molecule is C=CC(=O)OCCCCCCOC1CCC(C#CC2CCC(C#CC3NC4CCCCC4S3)C(C(F)(F)F)C2)CC1. The largest absolute Gasteiger partial charge is 0.463 e. The number of esters is 1. The van der Waals surface area contributed by atoms with Crippen LogP contribution in [0.4, 0.5) is 13.2 Å². The average molecular weight is 594 g/mol. The highest BCUT2D eigenvalue weighted by molar-refractivity contribution is 8.01. The van der Waals surface area contributed by atoms with Crippen LogP contribution < -0.4 is 5.32 Å². The van der Waals surface area contributed by atoms with Crippen molar-refractivity contribution in [1.29, 1.82) is 0 Å². The maximum atomic E-state index is 14.0. The molecule has 3 aliphatic carbocycles. The summed E-state index contributed by atoms with van der Waals surface area (Å²) >= 11 is 1.81. The zero-order valence-corrected chi connectivity index (χ0v) is 25.0. The fraction of sp³-hybridized carbons (Fsp3) is 0.788. The molecule has 6 atom stereocenters. The molecule has 1 aliphatic heterocycles. The summed E-state index contributed by atoms with van der Waals surface area (Å²) in [6, 6.07) is 0.470. The molecule has 6 unspecified atom stereocenters. The Morgan fingerprint density at radius 2 is 1.59 bits per heavy atom. The molecule has 0 aromatic carbocycles. The summed E-state index contributed by atoms with van der Waals surface area (Å²) in [6.45, 7) is 4.54. The van der Waals surface area contributed by atoms with Gasteiger partial charge < -0.3 is 9.47 Å². The van der Waals surface area contributed by atoms with Crippen LogP contribution >= 0.6 is 11.8 Å². The van der Waals surface area contributed by atoms with Crippen LogP contribution in [0.1, 0.15) is 96.3 Å². The monoisotopic (exact) mass is 593 g/mol. The lowest BCUT2D eigenvalue weighted by Crippen LogP contribution is -2.36. The van der Waals surface area contributed by atoms with Gasteiger partial charge in [0, 0.05) is 41.7 Å². The number of hydrogen-bond acceptors (Lipinski definition) is 5. The van der Waals surface area contributed by atoms with Gasteiger partial charge in [-0.15, -0.1) is 11.8 Å². The molecule has 41 heavy (non-hydrogen) atoms. The molecule has 228 valence electrons. The molecule has 0 bridgehead atoms. The van der Waals surface area contributed by atoms with E-state index in [1.807, 2.05) is 11.8 Å². The van der Waals surface area contributed by atoms with Crippen molar-refractivity contribution >= 4 is 17.7 Å². The van der Waals surface area contributed by atoms with Crippen LogP contribution in [0.15, 0.2) is 12.7 Å². The number of alkyl halides is 3. The van der Waals surface area contributed by atoms with E-state index in [1.54, 1.807) is 0 Å². The van der Waals surface area contributed by atoms with Crippen LogP contribution in [-0.4, -0.2) is 48.1 Å². The molecule has 4 rings (SSSR count). The van der Waals surface area contributed by atoms with Crippen LogP contribution in [0.25, 0.3) is 0 Å². The van der Waals surface area contributed by atoms with E-state index >= 15 is 0 Å². The minimum absolute atomic E-state index is 0.0332. The van der Waals surface area contributed by atoms with E-state index in [0.29, 0.717) is 30.7 Å². The van der Waals surface area contributed by atoms with Crippen LogP contribution in [-0.2, 0) is 14.3 Å². The third kappa shape index (κ3) is 10.6. The number of unbranched alkanes of at least 4 members (excludes halogenated alkanes) is 3. The van der Waals surface area contributed by atoms with E-state index in [2.05, 4.69) is 35.6 Å². The lowest BCUT2D eigenvalue weighted by Gasteiger charge is -2.33. The highest BCUT2D eigenvalue weighted by Crippen LogP contribution is 2.44. The van der Waals surface area contributed by atoms with Gasteiger partial charge in [0.1, 0.15) is 5.37 Å². The number of hydrogen-bond donors (Lipinski definition) is 1. The summed E-state index contributed by atoms with van der Waals surface area (Å²) in [6.07, 6.45) is 10.9. The summed E-state index contributed by atoms with van der Waals surface area (Å²) in [4.78, 5) is 11.0. The van der Waals surface area contributed by atoms with E-state index in [9.17, 15) is 18.0 Å². The van der Waals surface area contributed by atoms with Gasteiger partial charge in [0.25, 0.3) is 0 Å². The minimum Gasteiger partial charge on any atom is -0.463 e. The smallest absolute Gasteiger partial charge is 0.393 e. The molecule has 3 saturated carbocycles. The zero-order chi connectivity index (χ0) is 29.1. The molecule has 8 heteroatoms. The molecule has 0 amide bonds. The first kappa shape index (κ1) is 32.3. The molecule has 0 aromatic rings. The Bertz CT molecular complexity index is 958. The molecular weight excluding hydrogens is 547 g/mol. The number of nitrogens with one attached hydrogen (secondary N) is 1. The molecule has 4 nitrogen and oxygen atoms in total.